The van der Waals surface area contributed by atoms with Crippen molar-refractivity contribution in [3.05, 3.63) is 11.9 Å². The van der Waals surface area contributed by atoms with E-state index in [0.29, 0.717) is 11.8 Å². The molecule has 0 radical (unpaired) electrons. The number of aliphatic hydroxyl groups is 1. The van der Waals surface area contributed by atoms with Crippen LogP contribution in [0.2, 0.25) is 0 Å². The Kier molecular flexibility index (Phi) is 5.59. The topological polar surface area (TPSA) is 50.9 Å². The van der Waals surface area contributed by atoms with Gasteiger partial charge in [0.2, 0.25) is 0 Å². The molecule has 0 saturated heterocycles. The fourth-order valence-electron chi connectivity index (χ4n) is 2.70. The Hall–Kier alpha value is -0.900. The van der Waals surface area contributed by atoms with Gasteiger partial charge in [0.1, 0.15) is 0 Å². The highest BCUT2D eigenvalue weighted by molar-refractivity contribution is 5.00. The largest absolute Gasteiger partial charge is 0.369 e. The minimum absolute atomic E-state index is 0.282. The van der Waals surface area contributed by atoms with E-state index in [2.05, 4.69) is 31.1 Å². The van der Waals surface area contributed by atoms with Crippen molar-refractivity contribution in [3.63, 3.8) is 0 Å². The molecule has 0 spiro atoms. The minimum Gasteiger partial charge on any atom is -0.369 e. The lowest BCUT2D eigenvalue weighted by molar-refractivity contribution is -0.142. The molecule has 1 atom stereocenters. The third-order valence-corrected chi connectivity index (χ3v) is 4.27. The standard InChI is InChI=1S/C17H33N3O/c1-8-17(21,16(5,6)7)20-14(13-18-19-20)11-9-10-12-15(2,3)4/h13,21H,8-12H2,1-7H3/t17-/m0/s1. The Labute approximate surface area is 129 Å². The molecule has 21 heavy (non-hydrogen) atoms. The molecule has 0 unspecified atom stereocenters. The average molecular weight is 295 g/mol. The van der Waals surface area contributed by atoms with E-state index in [9.17, 15) is 5.11 Å². The first-order chi connectivity index (χ1) is 9.51. The molecule has 4 heteroatoms. The summed E-state index contributed by atoms with van der Waals surface area (Å²) >= 11 is 0. The summed E-state index contributed by atoms with van der Waals surface area (Å²) in [5.41, 5.74) is 0.148. The predicted molar refractivity (Wildman–Crippen MR) is 87.0 cm³/mol. The van der Waals surface area contributed by atoms with E-state index in [-0.39, 0.29) is 5.41 Å². The van der Waals surface area contributed by atoms with Crippen LogP contribution in [0, 0.1) is 10.8 Å². The van der Waals surface area contributed by atoms with E-state index in [1.54, 1.807) is 10.9 Å². The molecule has 0 saturated carbocycles. The zero-order chi connectivity index (χ0) is 16.3. The summed E-state index contributed by atoms with van der Waals surface area (Å²) in [5, 5.41) is 19.2. The molecule has 122 valence electrons. The van der Waals surface area contributed by atoms with Crippen LogP contribution in [0.1, 0.15) is 79.8 Å². The maximum absolute atomic E-state index is 11.0. The van der Waals surface area contributed by atoms with Gasteiger partial charge in [-0.05, 0) is 31.1 Å². The first-order valence-corrected chi connectivity index (χ1v) is 8.14. The van der Waals surface area contributed by atoms with Crippen LogP contribution >= 0.6 is 0 Å². The molecule has 4 nitrogen and oxygen atoms in total. The van der Waals surface area contributed by atoms with Crippen molar-refractivity contribution in [3.8, 4) is 0 Å². The average Bonchev–Trinajstić information content (AvgIpc) is 2.79. The highest BCUT2D eigenvalue weighted by Crippen LogP contribution is 2.37. The molecule has 1 aromatic heterocycles. The second-order valence-electron chi connectivity index (χ2n) is 8.33. The minimum atomic E-state index is -0.983. The van der Waals surface area contributed by atoms with Gasteiger partial charge in [-0.1, -0.05) is 60.1 Å². The highest BCUT2D eigenvalue weighted by atomic mass is 16.3. The number of hydrogen-bond donors (Lipinski definition) is 1. The van der Waals surface area contributed by atoms with Gasteiger partial charge in [-0.2, -0.15) is 0 Å². The van der Waals surface area contributed by atoms with E-state index >= 15 is 0 Å². The number of nitrogens with zero attached hydrogens (tertiary/aromatic N) is 3. The highest BCUT2D eigenvalue weighted by Gasteiger charge is 2.42. The molecule has 0 bridgehead atoms. The molecule has 1 N–H and O–H groups in total. The molecule has 0 aliphatic carbocycles. The second-order valence-corrected chi connectivity index (χ2v) is 8.33. The van der Waals surface area contributed by atoms with Crippen LogP contribution in [0.4, 0.5) is 0 Å². The fraction of sp³-hybridized carbons (Fsp3) is 0.882. The predicted octanol–water partition coefficient (Wildman–Crippen LogP) is 4.14. The van der Waals surface area contributed by atoms with Crippen LogP contribution < -0.4 is 0 Å². The number of aryl methyl sites for hydroxylation is 1. The number of rotatable bonds is 6. The van der Waals surface area contributed by atoms with Gasteiger partial charge in [0.15, 0.2) is 5.72 Å². The van der Waals surface area contributed by atoms with Crippen molar-refractivity contribution in [2.24, 2.45) is 10.8 Å². The quantitative estimate of drug-likeness (QED) is 0.802. The smallest absolute Gasteiger partial charge is 0.164 e. The zero-order valence-electron chi connectivity index (χ0n) is 14.9. The first kappa shape index (κ1) is 18.1. The molecular formula is C17H33N3O. The van der Waals surface area contributed by atoms with Crippen LogP contribution in [0.5, 0.6) is 0 Å². The Morgan fingerprint density at radius 3 is 2.19 bits per heavy atom. The van der Waals surface area contributed by atoms with E-state index in [1.807, 2.05) is 27.7 Å². The monoisotopic (exact) mass is 295 g/mol. The maximum atomic E-state index is 11.0. The summed E-state index contributed by atoms with van der Waals surface area (Å²) in [5.74, 6) is 0. The summed E-state index contributed by atoms with van der Waals surface area (Å²) in [7, 11) is 0. The maximum Gasteiger partial charge on any atom is 0.164 e. The molecule has 0 aliphatic rings. The summed E-state index contributed by atoms with van der Waals surface area (Å²) in [6.07, 6.45) is 6.84. The molecule has 1 aromatic rings. The molecule has 1 rings (SSSR count). The number of unbranched alkanes of at least 4 members (excludes halogenated alkanes) is 1. The van der Waals surface area contributed by atoms with E-state index < -0.39 is 5.72 Å². The van der Waals surface area contributed by atoms with Crippen molar-refractivity contribution in [1.82, 2.24) is 15.0 Å². The van der Waals surface area contributed by atoms with E-state index in [1.165, 1.54) is 12.8 Å². The first-order valence-electron chi connectivity index (χ1n) is 8.14. The summed E-state index contributed by atoms with van der Waals surface area (Å²) in [6, 6.07) is 0. The lowest BCUT2D eigenvalue weighted by Gasteiger charge is -2.40. The van der Waals surface area contributed by atoms with Crippen molar-refractivity contribution in [2.45, 2.75) is 86.3 Å². The van der Waals surface area contributed by atoms with Gasteiger partial charge in [-0.25, -0.2) is 4.68 Å². The van der Waals surface area contributed by atoms with E-state index in [4.69, 9.17) is 0 Å². The van der Waals surface area contributed by atoms with Crippen molar-refractivity contribution < 1.29 is 5.11 Å². The molecule has 0 amide bonds. The van der Waals surface area contributed by atoms with Crippen LogP contribution in [0.15, 0.2) is 6.20 Å². The van der Waals surface area contributed by atoms with Gasteiger partial charge in [-0.3, -0.25) is 0 Å². The third-order valence-electron chi connectivity index (χ3n) is 4.27. The van der Waals surface area contributed by atoms with Gasteiger partial charge < -0.3 is 5.11 Å². The van der Waals surface area contributed by atoms with Crippen molar-refractivity contribution >= 4 is 0 Å². The van der Waals surface area contributed by atoms with Crippen LogP contribution in [-0.2, 0) is 12.1 Å². The number of hydrogen-bond acceptors (Lipinski definition) is 3. The van der Waals surface area contributed by atoms with Gasteiger partial charge >= 0.3 is 0 Å². The van der Waals surface area contributed by atoms with Crippen molar-refractivity contribution in [2.75, 3.05) is 0 Å². The Bertz CT molecular complexity index is 440. The summed E-state index contributed by atoms with van der Waals surface area (Å²) < 4.78 is 1.74. The normalized spacial score (nSPS) is 16.0. The lowest BCUT2D eigenvalue weighted by Crippen LogP contribution is -2.46. The number of aromatic nitrogens is 3. The van der Waals surface area contributed by atoms with Crippen LogP contribution in [0.25, 0.3) is 0 Å². The van der Waals surface area contributed by atoms with Gasteiger partial charge in [-0.15, -0.1) is 5.10 Å². The molecular weight excluding hydrogens is 262 g/mol. The zero-order valence-corrected chi connectivity index (χ0v) is 14.9. The van der Waals surface area contributed by atoms with Gasteiger partial charge in [0.25, 0.3) is 0 Å². The fourth-order valence-corrected chi connectivity index (χ4v) is 2.70. The Morgan fingerprint density at radius 2 is 1.71 bits per heavy atom. The van der Waals surface area contributed by atoms with Crippen LogP contribution in [-0.4, -0.2) is 20.1 Å². The Balaban J connectivity index is 2.78. The Morgan fingerprint density at radius 1 is 1.10 bits per heavy atom. The SMILES string of the molecule is CC[C@@](O)(n1nncc1CCCCC(C)(C)C)C(C)(C)C. The van der Waals surface area contributed by atoms with Crippen molar-refractivity contribution in [1.29, 1.82) is 0 Å². The molecule has 0 fully saturated rings. The molecule has 1 heterocycles. The summed E-state index contributed by atoms with van der Waals surface area (Å²) in [6.45, 7) is 14.9. The second kappa shape index (κ2) is 6.47. The molecule has 0 aromatic carbocycles. The van der Waals surface area contributed by atoms with Crippen LogP contribution in [0.3, 0.4) is 0 Å². The van der Waals surface area contributed by atoms with E-state index in [0.717, 1.165) is 18.5 Å². The van der Waals surface area contributed by atoms with Gasteiger partial charge in [0, 0.05) is 5.41 Å². The summed E-state index contributed by atoms with van der Waals surface area (Å²) in [4.78, 5) is 0. The third kappa shape index (κ3) is 4.53. The molecule has 0 aliphatic heterocycles. The van der Waals surface area contributed by atoms with Gasteiger partial charge in [0.05, 0.1) is 11.9 Å². The lowest BCUT2D eigenvalue weighted by atomic mass is 9.81.